The van der Waals surface area contributed by atoms with Crippen LogP contribution in [0.4, 0.5) is 0 Å². The maximum absolute atomic E-state index is 9.69. The number of rotatable bonds is 1. The summed E-state index contributed by atoms with van der Waals surface area (Å²) in [5, 5.41) is 9.69. The molecule has 11 heavy (non-hydrogen) atoms. The first-order chi connectivity index (χ1) is 5.24. The van der Waals surface area contributed by atoms with Gasteiger partial charge in [-0.25, -0.2) is 0 Å². The molecule has 3 radical (unpaired) electrons. The first-order valence-corrected chi connectivity index (χ1v) is 4.73. The molecule has 0 amide bonds. The van der Waals surface area contributed by atoms with Crippen molar-refractivity contribution in [3.63, 3.8) is 0 Å². The third kappa shape index (κ3) is 0.982. The minimum atomic E-state index is -0.235. The van der Waals surface area contributed by atoms with Gasteiger partial charge in [0.2, 0.25) is 0 Å². The van der Waals surface area contributed by atoms with Crippen LogP contribution >= 0.6 is 0 Å². The maximum atomic E-state index is 9.69. The summed E-state index contributed by atoms with van der Waals surface area (Å²) in [6.45, 7) is 0. The van der Waals surface area contributed by atoms with Crippen LogP contribution in [0.25, 0.3) is 0 Å². The summed E-state index contributed by atoms with van der Waals surface area (Å²) < 4.78 is 5.23. The summed E-state index contributed by atoms with van der Waals surface area (Å²) in [5.41, 5.74) is 0.515. The molecule has 2 rings (SSSR count). The van der Waals surface area contributed by atoms with Gasteiger partial charge in [-0.2, -0.15) is 0 Å². The van der Waals surface area contributed by atoms with Crippen molar-refractivity contribution >= 4 is 10.2 Å². The quantitative estimate of drug-likeness (QED) is 0.574. The zero-order valence-corrected chi connectivity index (χ0v) is 7.66. The lowest BCUT2D eigenvalue weighted by Gasteiger charge is -2.29. The smallest absolute Gasteiger partial charge is 0.0861 e. The number of hydrogen-bond acceptors (Lipinski definition) is 2. The van der Waals surface area contributed by atoms with Crippen LogP contribution in [0.15, 0.2) is 0 Å². The van der Waals surface area contributed by atoms with E-state index in [1.165, 1.54) is 0 Å². The van der Waals surface area contributed by atoms with Crippen molar-refractivity contribution in [2.24, 2.45) is 11.8 Å². The van der Waals surface area contributed by atoms with E-state index in [-0.39, 0.29) is 12.2 Å². The molecule has 0 aromatic heterocycles. The molecule has 0 aromatic carbocycles. The number of methoxy groups -OCH3 is 1. The highest BCUT2D eigenvalue weighted by molar-refractivity contribution is 6.12. The Morgan fingerprint density at radius 2 is 2.18 bits per heavy atom. The van der Waals surface area contributed by atoms with Crippen molar-refractivity contribution in [3.8, 4) is 0 Å². The van der Waals surface area contributed by atoms with Crippen molar-refractivity contribution in [2.75, 3.05) is 7.11 Å². The molecule has 2 nitrogen and oxygen atoms in total. The maximum Gasteiger partial charge on any atom is 0.0861 e. The molecule has 2 saturated carbocycles. The molecule has 0 aromatic rings. The van der Waals surface area contributed by atoms with Crippen LogP contribution in [0.3, 0.4) is 0 Å². The highest BCUT2D eigenvalue weighted by Crippen LogP contribution is 2.51. The third-order valence-electron chi connectivity index (χ3n) is 3.16. The lowest BCUT2D eigenvalue weighted by Crippen LogP contribution is -2.36. The molecule has 0 spiro atoms. The lowest BCUT2D eigenvalue weighted by molar-refractivity contribution is -0.0422. The summed E-state index contributed by atoms with van der Waals surface area (Å²) in [4.78, 5) is 0. The Balaban J connectivity index is 2.11. The van der Waals surface area contributed by atoms with Crippen molar-refractivity contribution in [2.45, 2.75) is 30.6 Å². The van der Waals surface area contributed by atoms with E-state index in [1.54, 1.807) is 7.11 Å². The first-order valence-electron chi connectivity index (χ1n) is 4.16. The molecule has 5 atom stereocenters. The average molecular weight is 169 g/mol. The Labute approximate surface area is 70.4 Å². The highest BCUT2D eigenvalue weighted by Gasteiger charge is 2.50. The molecule has 5 unspecified atom stereocenters. The fourth-order valence-electron chi connectivity index (χ4n) is 2.61. The van der Waals surface area contributed by atoms with Gasteiger partial charge in [0.15, 0.2) is 0 Å². The van der Waals surface area contributed by atoms with Crippen molar-refractivity contribution in [1.82, 2.24) is 0 Å². The highest BCUT2D eigenvalue weighted by atomic mass is 28.1. The summed E-state index contributed by atoms with van der Waals surface area (Å²) >= 11 is 0. The third-order valence-corrected chi connectivity index (χ3v) is 3.82. The molecule has 2 aliphatic rings. The van der Waals surface area contributed by atoms with Crippen LogP contribution in [0, 0.1) is 11.8 Å². The number of aliphatic hydroxyl groups is 1. The number of aliphatic hydroxyl groups excluding tert-OH is 1. The zero-order valence-electron chi connectivity index (χ0n) is 6.66. The number of hydrogen-bond donors (Lipinski definition) is 1. The van der Waals surface area contributed by atoms with Gasteiger partial charge < -0.3 is 9.84 Å². The van der Waals surface area contributed by atoms with Crippen LogP contribution in [0.1, 0.15) is 12.8 Å². The fourth-order valence-corrected chi connectivity index (χ4v) is 3.25. The van der Waals surface area contributed by atoms with E-state index in [2.05, 4.69) is 10.2 Å². The molecule has 3 heteroatoms. The molecule has 0 aliphatic heterocycles. The Morgan fingerprint density at radius 3 is 2.64 bits per heavy atom. The molecule has 2 fully saturated rings. The summed E-state index contributed by atoms with van der Waals surface area (Å²) in [5.74, 6) is 1.02. The van der Waals surface area contributed by atoms with Gasteiger partial charge in [-0.05, 0) is 30.2 Å². The van der Waals surface area contributed by atoms with Crippen LogP contribution in [0.2, 0.25) is 5.54 Å². The second-order valence-electron chi connectivity index (χ2n) is 3.69. The minimum absolute atomic E-state index is 0.104. The van der Waals surface area contributed by atoms with Crippen LogP contribution < -0.4 is 0 Å². The van der Waals surface area contributed by atoms with Crippen molar-refractivity contribution in [1.29, 1.82) is 0 Å². The molecule has 2 bridgehead atoms. The normalized spacial score (nSPS) is 55.4. The summed E-state index contributed by atoms with van der Waals surface area (Å²) in [7, 11) is 5.32. The van der Waals surface area contributed by atoms with Gasteiger partial charge in [0.25, 0.3) is 0 Å². The molecule has 2 aliphatic carbocycles. The van der Waals surface area contributed by atoms with E-state index < -0.39 is 0 Å². The van der Waals surface area contributed by atoms with Crippen molar-refractivity contribution in [3.05, 3.63) is 0 Å². The second kappa shape index (κ2) is 2.57. The van der Waals surface area contributed by atoms with Gasteiger partial charge in [0, 0.05) is 17.4 Å². The van der Waals surface area contributed by atoms with Crippen LogP contribution in [-0.2, 0) is 4.74 Å². The van der Waals surface area contributed by atoms with Gasteiger partial charge in [-0.15, -0.1) is 0 Å². The van der Waals surface area contributed by atoms with Gasteiger partial charge >= 0.3 is 0 Å². The average Bonchev–Trinajstić information content (AvgIpc) is 2.44. The number of ether oxygens (including phenoxy) is 1. The van der Waals surface area contributed by atoms with Gasteiger partial charge in [-0.3, -0.25) is 0 Å². The summed E-state index contributed by atoms with van der Waals surface area (Å²) in [6, 6.07) is 0. The molecule has 61 valence electrons. The fraction of sp³-hybridized carbons (Fsp3) is 1.00. The Kier molecular flexibility index (Phi) is 1.82. The Bertz CT molecular complexity index is 158. The predicted molar refractivity (Wildman–Crippen MR) is 42.5 cm³/mol. The van der Waals surface area contributed by atoms with E-state index in [4.69, 9.17) is 4.74 Å². The lowest BCUT2D eigenvalue weighted by atomic mass is 9.94. The standard InChI is InChI=1S/C8H13O2Si/c1-10-8-4-2-5(7(8)9)6(11)3-4/h4-9H,2-3H2,1H3. The topological polar surface area (TPSA) is 29.5 Å². The second-order valence-corrected chi connectivity index (χ2v) is 4.43. The van der Waals surface area contributed by atoms with E-state index >= 15 is 0 Å². The van der Waals surface area contributed by atoms with E-state index in [0.29, 0.717) is 17.4 Å². The van der Waals surface area contributed by atoms with Gasteiger partial charge in [-0.1, -0.05) is 0 Å². The molecule has 0 saturated heterocycles. The summed E-state index contributed by atoms with van der Waals surface area (Å²) in [6.07, 6.45) is 2.17. The van der Waals surface area contributed by atoms with E-state index in [0.717, 1.165) is 12.8 Å². The minimum Gasteiger partial charge on any atom is -0.390 e. The van der Waals surface area contributed by atoms with Gasteiger partial charge in [0.05, 0.1) is 12.2 Å². The SMILES string of the molecule is COC1C2CC([Si])C(C2)C1O. The molecular formula is C8H13O2Si. The molecular weight excluding hydrogens is 156 g/mol. The Morgan fingerprint density at radius 1 is 1.45 bits per heavy atom. The zero-order chi connectivity index (χ0) is 8.01. The largest absolute Gasteiger partial charge is 0.390 e. The molecule has 1 N–H and O–H groups in total. The monoisotopic (exact) mass is 169 g/mol. The van der Waals surface area contributed by atoms with Gasteiger partial charge in [0.1, 0.15) is 0 Å². The Hall–Kier alpha value is 0.137. The predicted octanol–water partition coefficient (Wildman–Crippen LogP) is 0.359. The van der Waals surface area contributed by atoms with Crippen molar-refractivity contribution < 1.29 is 9.84 Å². The van der Waals surface area contributed by atoms with Crippen LogP contribution in [-0.4, -0.2) is 34.7 Å². The number of fused-ring (bicyclic) bond motifs is 2. The van der Waals surface area contributed by atoms with Crippen LogP contribution in [0.5, 0.6) is 0 Å². The van der Waals surface area contributed by atoms with E-state index in [9.17, 15) is 5.11 Å². The first kappa shape index (κ1) is 7.77. The van der Waals surface area contributed by atoms with E-state index in [1.807, 2.05) is 0 Å². The molecule has 0 heterocycles.